The maximum Gasteiger partial charge on any atom is 0.318 e. The second kappa shape index (κ2) is 6.58. The van der Waals surface area contributed by atoms with Crippen LogP contribution in [0.15, 0.2) is 18.3 Å². The molecular weight excluding hydrogens is 353 g/mol. The molecule has 0 radical (unpaired) electrons. The molecule has 0 bridgehead atoms. The minimum absolute atomic E-state index is 0.253. The second-order valence-electron chi connectivity index (χ2n) is 5.82. The number of carbonyl (C=O) groups excluding carboxylic acids is 1. The van der Waals surface area contributed by atoms with Gasteiger partial charge in [-0.2, -0.15) is 0 Å². The number of rotatable bonds is 3. The number of likely N-dealkylation sites (N-methyl/N-ethyl adjacent to an activating group) is 1. The monoisotopic (exact) mass is 369 g/mol. The molecule has 0 aliphatic heterocycles. The van der Waals surface area contributed by atoms with Gasteiger partial charge in [-0.1, -0.05) is 28.4 Å². The molecule has 24 heavy (non-hydrogen) atoms. The number of hydrogen-bond donors (Lipinski definition) is 2. The third-order valence-corrected chi connectivity index (χ3v) is 4.66. The number of halogens is 2. The molecule has 7 nitrogen and oxygen atoms in total. The van der Waals surface area contributed by atoms with Gasteiger partial charge in [0.05, 0.1) is 18.7 Å². The van der Waals surface area contributed by atoms with Gasteiger partial charge >= 0.3 is 6.03 Å². The number of nitrogens with one attached hydrogen (secondary N) is 1. The van der Waals surface area contributed by atoms with Crippen LogP contribution in [0.25, 0.3) is 0 Å². The maximum absolute atomic E-state index is 12.4. The number of amides is 2. The first-order valence-corrected chi connectivity index (χ1v) is 8.14. The molecule has 2 atom stereocenters. The Balaban J connectivity index is 1.75. The van der Waals surface area contributed by atoms with Crippen LogP contribution in [0, 0.1) is 0 Å². The van der Waals surface area contributed by atoms with Crippen molar-refractivity contribution in [2.75, 3.05) is 7.05 Å². The van der Waals surface area contributed by atoms with Gasteiger partial charge in [0.25, 0.3) is 0 Å². The van der Waals surface area contributed by atoms with Crippen molar-refractivity contribution in [2.24, 2.45) is 7.05 Å². The molecule has 1 aliphatic carbocycles. The summed E-state index contributed by atoms with van der Waals surface area (Å²) in [5.74, 6) is 0. The van der Waals surface area contributed by atoms with Gasteiger partial charge < -0.3 is 15.3 Å². The summed E-state index contributed by atoms with van der Waals surface area (Å²) in [7, 11) is 3.38. The minimum Gasteiger partial charge on any atom is -0.390 e. The van der Waals surface area contributed by atoms with E-state index in [-0.39, 0.29) is 12.6 Å². The molecule has 0 saturated carbocycles. The first-order chi connectivity index (χ1) is 11.4. The molecule has 2 amide bonds. The average Bonchev–Trinajstić information content (AvgIpc) is 3.07. The molecule has 128 valence electrons. The van der Waals surface area contributed by atoms with Crippen LogP contribution >= 0.6 is 23.2 Å². The van der Waals surface area contributed by atoms with E-state index in [1.54, 1.807) is 37.1 Å². The number of nitrogens with zero attached hydrogens (tertiary/aromatic N) is 4. The van der Waals surface area contributed by atoms with Gasteiger partial charge in [-0.15, -0.1) is 5.10 Å². The Bertz CT molecular complexity index is 779. The first-order valence-electron chi connectivity index (χ1n) is 7.38. The molecule has 2 unspecified atom stereocenters. The highest BCUT2D eigenvalue weighted by Crippen LogP contribution is 2.40. The Morgan fingerprint density at radius 2 is 2.25 bits per heavy atom. The number of benzene rings is 1. The smallest absolute Gasteiger partial charge is 0.318 e. The Morgan fingerprint density at radius 3 is 2.92 bits per heavy atom. The molecule has 0 saturated heterocycles. The molecule has 3 rings (SSSR count). The number of carbonyl (C=O) groups is 1. The standard InChI is InChI=1S/C15H17Cl2N5O2/c1-21-7-9(19-20-21)6-18-15(24)22(2)14-11-3-8(16)4-12(17)10(11)5-13(14)23/h3-4,7,13-14,23H,5-6H2,1-2H3,(H,18,24). The lowest BCUT2D eigenvalue weighted by Gasteiger charge is -2.28. The molecule has 1 heterocycles. The number of aryl methyl sites for hydroxylation is 1. The molecule has 1 aliphatic rings. The summed E-state index contributed by atoms with van der Waals surface area (Å²) >= 11 is 12.3. The van der Waals surface area contributed by atoms with E-state index >= 15 is 0 Å². The highest BCUT2D eigenvalue weighted by atomic mass is 35.5. The Hall–Kier alpha value is -1.83. The molecule has 9 heteroatoms. The van der Waals surface area contributed by atoms with Crippen molar-refractivity contribution in [3.63, 3.8) is 0 Å². The fourth-order valence-electron chi connectivity index (χ4n) is 2.99. The largest absolute Gasteiger partial charge is 0.390 e. The van der Waals surface area contributed by atoms with E-state index in [0.717, 1.165) is 11.1 Å². The fraction of sp³-hybridized carbons (Fsp3) is 0.400. The normalized spacial score (nSPS) is 19.2. The summed E-state index contributed by atoms with van der Waals surface area (Å²) in [6.07, 6.45) is 1.38. The summed E-state index contributed by atoms with van der Waals surface area (Å²) in [5, 5.41) is 21.9. The van der Waals surface area contributed by atoms with Crippen LogP contribution < -0.4 is 5.32 Å². The molecule has 0 spiro atoms. The zero-order chi connectivity index (χ0) is 17.4. The summed E-state index contributed by atoms with van der Waals surface area (Å²) in [6.45, 7) is 0.253. The summed E-state index contributed by atoms with van der Waals surface area (Å²) in [5.41, 5.74) is 2.25. The van der Waals surface area contributed by atoms with Gasteiger partial charge in [0.15, 0.2) is 0 Å². The summed E-state index contributed by atoms with van der Waals surface area (Å²) < 4.78 is 1.56. The average molecular weight is 370 g/mol. The fourth-order valence-corrected chi connectivity index (χ4v) is 3.58. The third kappa shape index (κ3) is 3.19. The van der Waals surface area contributed by atoms with Crippen LogP contribution in [0.5, 0.6) is 0 Å². The van der Waals surface area contributed by atoms with Crippen molar-refractivity contribution >= 4 is 29.2 Å². The van der Waals surface area contributed by atoms with Crippen molar-refractivity contribution in [1.29, 1.82) is 0 Å². The Kier molecular flexibility index (Phi) is 4.67. The van der Waals surface area contributed by atoms with E-state index in [0.29, 0.717) is 22.2 Å². The highest BCUT2D eigenvalue weighted by Gasteiger charge is 2.37. The van der Waals surface area contributed by atoms with Gasteiger partial charge in [-0.3, -0.25) is 4.68 Å². The molecule has 2 N–H and O–H groups in total. The van der Waals surface area contributed by atoms with Gasteiger partial charge in [0.2, 0.25) is 0 Å². The van der Waals surface area contributed by atoms with Crippen LogP contribution in [-0.4, -0.2) is 44.2 Å². The molecule has 0 fully saturated rings. The molecule has 1 aromatic carbocycles. The Morgan fingerprint density at radius 1 is 1.50 bits per heavy atom. The van der Waals surface area contributed by atoms with Gasteiger partial charge in [0.1, 0.15) is 5.69 Å². The van der Waals surface area contributed by atoms with Crippen molar-refractivity contribution in [2.45, 2.75) is 25.1 Å². The maximum atomic E-state index is 12.4. The zero-order valence-corrected chi connectivity index (χ0v) is 14.7. The number of aliphatic hydroxyl groups excluding tert-OH is 1. The van der Waals surface area contributed by atoms with Gasteiger partial charge in [0, 0.05) is 36.8 Å². The van der Waals surface area contributed by atoms with E-state index in [4.69, 9.17) is 23.2 Å². The molecular formula is C15H17Cl2N5O2. The number of hydrogen-bond acceptors (Lipinski definition) is 4. The summed E-state index contributed by atoms with van der Waals surface area (Å²) in [4.78, 5) is 13.9. The lowest BCUT2D eigenvalue weighted by Crippen LogP contribution is -2.42. The van der Waals surface area contributed by atoms with Crippen molar-refractivity contribution in [1.82, 2.24) is 25.2 Å². The molecule has 2 aromatic rings. The Labute approximate surface area is 149 Å². The van der Waals surface area contributed by atoms with Crippen molar-refractivity contribution in [3.05, 3.63) is 45.2 Å². The van der Waals surface area contributed by atoms with Crippen LogP contribution in [0.3, 0.4) is 0 Å². The quantitative estimate of drug-likeness (QED) is 0.865. The third-order valence-electron chi connectivity index (χ3n) is 4.10. The van der Waals surface area contributed by atoms with Crippen molar-refractivity contribution in [3.8, 4) is 0 Å². The SMILES string of the molecule is CN(C(=O)NCc1cn(C)nn1)C1c2cc(Cl)cc(Cl)c2CC1O. The van der Waals surface area contributed by atoms with Crippen LogP contribution in [0.2, 0.25) is 10.0 Å². The lowest BCUT2D eigenvalue weighted by atomic mass is 10.1. The number of aliphatic hydroxyl groups is 1. The van der Waals surface area contributed by atoms with Crippen LogP contribution in [-0.2, 0) is 20.0 Å². The van der Waals surface area contributed by atoms with Crippen LogP contribution in [0.4, 0.5) is 4.79 Å². The molecule has 1 aromatic heterocycles. The lowest BCUT2D eigenvalue weighted by molar-refractivity contribution is 0.0891. The number of urea groups is 1. The van der Waals surface area contributed by atoms with E-state index in [2.05, 4.69) is 15.6 Å². The van der Waals surface area contributed by atoms with Gasteiger partial charge in [-0.05, 0) is 23.3 Å². The number of aromatic nitrogens is 3. The van der Waals surface area contributed by atoms with Crippen LogP contribution in [0.1, 0.15) is 22.9 Å². The van der Waals surface area contributed by atoms with Gasteiger partial charge in [-0.25, -0.2) is 4.79 Å². The van der Waals surface area contributed by atoms with Crippen molar-refractivity contribution < 1.29 is 9.90 Å². The topological polar surface area (TPSA) is 83.3 Å². The highest BCUT2D eigenvalue weighted by molar-refractivity contribution is 6.35. The number of fused-ring (bicyclic) bond motifs is 1. The van der Waals surface area contributed by atoms with E-state index in [1.165, 1.54) is 4.90 Å². The van der Waals surface area contributed by atoms with E-state index in [1.807, 2.05) is 0 Å². The predicted octanol–water partition coefficient (Wildman–Crippen LogP) is 1.92. The second-order valence-corrected chi connectivity index (χ2v) is 6.67. The zero-order valence-electron chi connectivity index (χ0n) is 13.2. The predicted molar refractivity (Wildman–Crippen MR) is 89.9 cm³/mol. The van der Waals surface area contributed by atoms with E-state index < -0.39 is 12.1 Å². The first kappa shape index (κ1) is 17.0. The minimum atomic E-state index is -0.733. The van der Waals surface area contributed by atoms with E-state index in [9.17, 15) is 9.90 Å². The summed E-state index contributed by atoms with van der Waals surface area (Å²) in [6, 6.07) is 2.56.